The number of rotatable bonds is 6. The van der Waals surface area contributed by atoms with Crippen LogP contribution in [-0.4, -0.2) is 43.4 Å². The van der Waals surface area contributed by atoms with Crippen LogP contribution in [0.2, 0.25) is 0 Å². The second-order valence-electron chi connectivity index (χ2n) is 4.37. The maximum absolute atomic E-state index is 5.53. The number of nitrogens with one attached hydrogen (secondary N) is 1. The SMILES string of the molecule is COc1cc(OC)nc(NCC2(OC)CCC2)n1. The fraction of sp³-hybridized carbons (Fsp3) is 0.667. The molecule has 0 spiro atoms. The minimum absolute atomic E-state index is 0.0698. The van der Waals surface area contributed by atoms with E-state index in [1.54, 1.807) is 27.4 Å². The van der Waals surface area contributed by atoms with E-state index in [1.807, 2.05) is 0 Å². The van der Waals surface area contributed by atoms with Crippen molar-refractivity contribution in [3.63, 3.8) is 0 Å². The Kier molecular flexibility index (Phi) is 3.86. The number of aromatic nitrogens is 2. The number of methoxy groups -OCH3 is 3. The highest BCUT2D eigenvalue weighted by Gasteiger charge is 2.36. The molecule has 6 nitrogen and oxygen atoms in total. The molecule has 0 amide bonds. The summed E-state index contributed by atoms with van der Waals surface area (Å²) in [5, 5.41) is 3.18. The van der Waals surface area contributed by atoms with Crippen LogP contribution >= 0.6 is 0 Å². The zero-order valence-electron chi connectivity index (χ0n) is 11.0. The molecule has 0 aliphatic heterocycles. The predicted octanol–water partition coefficient (Wildman–Crippen LogP) is 1.47. The van der Waals surface area contributed by atoms with Crippen molar-refractivity contribution < 1.29 is 14.2 Å². The van der Waals surface area contributed by atoms with Crippen LogP contribution in [0.4, 0.5) is 5.95 Å². The van der Waals surface area contributed by atoms with Crippen LogP contribution < -0.4 is 14.8 Å². The molecular formula is C12H19N3O3. The van der Waals surface area contributed by atoms with Crippen LogP contribution in [0, 0.1) is 0 Å². The fourth-order valence-electron chi connectivity index (χ4n) is 1.96. The number of hydrogen-bond acceptors (Lipinski definition) is 6. The molecule has 1 aliphatic rings. The van der Waals surface area contributed by atoms with E-state index < -0.39 is 0 Å². The van der Waals surface area contributed by atoms with Gasteiger partial charge in [0.1, 0.15) is 0 Å². The predicted molar refractivity (Wildman–Crippen MR) is 67.2 cm³/mol. The Bertz CT molecular complexity index is 380. The minimum Gasteiger partial charge on any atom is -0.481 e. The van der Waals surface area contributed by atoms with Crippen LogP contribution in [0.5, 0.6) is 11.8 Å². The van der Waals surface area contributed by atoms with Gasteiger partial charge in [-0.3, -0.25) is 0 Å². The van der Waals surface area contributed by atoms with Gasteiger partial charge in [-0.1, -0.05) is 0 Å². The van der Waals surface area contributed by atoms with Crippen LogP contribution in [0.3, 0.4) is 0 Å². The van der Waals surface area contributed by atoms with Crippen molar-refractivity contribution >= 4 is 5.95 Å². The van der Waals surface area contributed by atoms with Gasteiger partial charge in [0, 0.05) is 13.7 Å². The topological polar surface area (TPSA) is 65.5 Å². The highest BCUT2D eigenvalue weighted by molar-refractivity contribution is 5.34. The van der Waals surface area contributed by atoms with E-state index in [-0.39, 0.29) is 5.60 Å². The molecule has 0 bridgehead atoms. The van der Waals surface area contributed by atoms with Gasteiger partial charge in [-0.2, -0.15) is 9.97 Å². The second-order valence-corrected chi connectivity index (χ2v) is 4.37. The third-order valence-corrected chi connectivity index (χ3v) is 3.36. The number of nitrogens with zero attached hydrogens (tertiary/aromatic N) is 2. The summed E-state index contributed by atoms with van der Waals surface area (Å²) in [7, 11) is 4.87. The molecule has 0 aromatic carbocycles. The third kappa shape index (κ3) is 2.64. The molecule has 6 heteroatoms. The molecule has 1 fully saturated rings. The first-order valence-electron chi connectivity index (χ1n) is 5.97. The molecule has 1 aliphatic carbocycles. The zero-order chi connectivity index (χ0) is 13.0. The van der Waals surface area contributed by atoms with Crippen LogP contribution in [0.25, 0.3) is 0 Å². The van der Waals surface area contributed by atoms with Gasteiger partial charge >= 0.3 is 0 Å². The average molecular weight is 253 g/mol. The lowest BCUT2D eigenvalue weighted by molar-refractivity contribution is -0.0602. The lowest BCUT2D eigenvalue weighted by Crippen LogP contribution is -2.45. The Hall–Kier alpha value is -1.56. The maximum atomic E-state index is 5.53. The van der Waals surface area contributed by atoms with E-state index >= 15 is 0 Å². The summed E-state index contributed by atoms with van der Waals surface area (Å²) in [5.41, 5.74) is -0.0698. The van der Waals surface area contributed by atoms with Crippen molar-refractivity contribution in [2.45, 2.75) is 24.9 Å². The van der Waals surface area contributed by atoms with E-state index in [0.717, 1.165) is 12.8 Å². The van der Waals surface area contributed by atoms with E-state index in [1.165, 1.54) is 6.42 Å². The van der Waals surface area contributed by atoms with E-state index in [9.17, 15) is 0 Å². The van der Waals surface area contributed by atoms with Crippen LogP contribution in [0.15, 0.2) is 6.07 Å². The molecule has 1 aromatic rings. The van der Waals surface area contributed by atoms with E-state index in [2.05, 4.69) is 15.3 Å². The van der Waals surface area contributed by atoms with Crippen LogP contribution in [-0.2, 0) is 4.74 Å². The lowest BCUT2D eigenvalue weighted by atomic mass is 9.80. The molecule has 0 unspecified atom stereocenters. The van der Waals surface area contributed by atoms with Gasteiger partial charge in [0.15, 0.2) is 0 Å². The van der Waals surface area contributed by atoms with E-state index in [4.69, 9.17) is 14.2 Å². The molecule has 1 N–H and O–H groups in total. The van der Waals surface area contributed by atoms with Crippen molar-refractivity contribution in [1.29, 1.82) is 0 Å². The van der Waals surface area contributed by atoms with Crippen molar-refractivity contribution in [2.24, 2.45) is 0 Å². The van der Waals surface area contributed by atoms with Gasteiger partial charge < -0.3 is 19.5 Å². The first-order chi connectivity index (χ1) is 8.71. The van der Waals surface area contributed by atoms with Gasteiger partial charge in [0.2, 0.25) is 17.7 Å². The summed E-state index contributed by atoms with van der Waals surface area (Å²) in [6.45, 7) is 0.694. The lowest BCUT2D eigenvalue weighted by Gasteiger charge is -2.40. The largest absolute Gasteiger partial charge is 0.481 e. The smallest absolute Gasteiger partial charge is 0.229 e. The standard InChI is InChI=1S/C12H19N3O3/c1-16-9-7-10(17-2)15-11(14-9)13-8-12(18-3)5-4-6-12/h7H,4-6,8H2,1-3H3,(H,13,14,15). The average Bonchev–Trinajstić information content (AvgIpc) is 2.37. The molecule has 18 heavy (non-hydrogen) atoms. The molecule has 1 aromatic heterocycles. The van der Waals surface area contributed by atoms with Gasteiger partial charge in [0.05, 0.1) is 25.9 Å². The third-order valence-electron chi connectivity index (χ3n) is 3.36. The molecule has 0 atom stereocenters. The molecule has 100 valence electrons. The molecule has 2 rings (SSSR count). The summed E-state index contributed by atoms with van der Waals surface area (Å²) >= 11 is 0. The Balaban J connectivity index is 2.04. The Morgan fingerprint density at radius 2 is 1.78 bits per heavy atom. The zero-order valence-corrected chi connectivity index (χ0v) is 11.0. The first kappa shape index (κ1) is 12.9. The van der Waals surface area contributed by atoms with Crippen LogP contribution in [0.1, 0.15) is 19.3 Å². The van der Waals surface area contributed by atoms with Crippen molar-refractivity contribution in [3.8, 4) is 11.8 Å². The van der Waals surface area contributed by atoms with Gasteiger partial charge in [-0.15, -0.1) is 0 Å². The highest BCUT2D eigenvalue weighted by atomic mass is 16.5. The van der Waals surface area contributed by atoms with Crippen molar-refractivity contribution in [2.75, 3.05) is 33.2 Å². The molecular weight excluding hydrogens is 234 g/mol. The summed E-state index contributed by atoms with van der Waals surface area (Å²) in [4.78, 5) is 8.43. The van der Waals surface area contributed by atoms with E-state index in [0.29, 0.717) is 24.3 Å². The first-order valence-corrected chi connectivity index (χ1v) is 5.97. The Morgan fingerprint density at radius 3 is 2.17 bits per heavy atom. The second kappa shape index (κ2) is 5.39. The van der Waals surface area contributed by atoms with Crippen molar-refractivity contribution in [1.82, 2.24) is 9.97 Å². The monoisotopic (exact) mass is 253 g/mol. The molecule has 1 saturated carbocycles. The van der Waals surface area contributed by atoms with Gasteiger partial charge in [0.25, 0.3) is 0 Å². The van der Waals surface area contributed by atoms with Gasteiger partial charge in [-0.05, 0) is 19.3 Å². The maximum Gasteiger partial charge on any atom is 0.229 e. The summed E-state index contributed by atoms with van der Waals surface area (Å²) in [5.74, 6) is 1.45. The summed E-state index contributed by atoms with van der Waals surface area (Å²) in [6, 6.07) is 1.64. The normalized spacial score (nSPS) is 16.8. The summed E-state index contributed by atoms with van der Waals surface area (Å²) in [6.07, 6.45) is 3.34. The fourth-order valence-corrected chi connectivity index (χ4v) is 1.96. The Morgan fingerprint density at radius 1 is 1.17 bits per heavy atom. The number of ether oxygens (including phenoxy) is 3. The van der Waals surface area contributed by atoms with Gasteiger partial charge in [-0.25, -0.2) is 0 Å². The Labute approximate surface area is 107 Å². The van der Waals surface area contributed by atoms with Crippen molar-refractivity contribution in [3.05, 3.63) is 6.07 Å². The highest BCUT2D eigenvalue weighted by Crippen LogP contribution is 2.35. The minimum atomic E-state index is -0.0698. The summed E-state index contributed by atoms with van der Waals surface area (Å²) < 4.78 is 15.7. The number of anilines is 1. The molecule has 0 radical (unpaired) electrons. The molecule has 1 heterocycles. The molecule has 0 saturated heterocycles. The number of hydrogen-bond donors (Lipinski definition) is 1. The quantitative estimate of drug-likeness (QED) is 0.828.